The Morgan fingerprint density at radius 1 is 0.714 bits per heavy atom. The number of nitro benzene ring substituents is 4. The van der Waals surface area contributed by atoms with Gasteiger partial charge in [0.05, 0.1) is 49.6 Å². The average molecular weight is 478 g/mol. The molecule has 13 nitrogen and oxygen atoms in total. The molecule has 0 fully saturated rings. The molecule has 3 aromatic carbocycles. The summed E-state index contributed by atoms with van der Waals surface area (Å²) in [5.74, 6) is 0.569. The van der Waals surface area contributed by atoms with Crippen LogP contribution in [-0.4, -0.2) is 26.3 Å². The summed E-state index contributed by atoms with van der Waals surface area (Å²) >= 11 is 0. The maximum absolute atomic E-state index is 11.8. The van der Waals surface area contributed by atoms with Crippen molar-refractivity contribution in [3.05, 3.63) is 106 Å². The number of nitro groups is 4. The van der Waals surface area contributed by atoms with E-state index < -0.39 is 42.4 Å². The Morgan fingerprint density at radius 2 is 1.17 bits per heavy atom. The summed E-state index contributed by atoms with van der Waals surface area (Å²) in [6.45, 7) is 2.24. The molecule has 4 rings (SSSR count). The predicted octanol–water partition coefficient (Wildman–Crippen LogP) is 5.29. The molecule has 0 spiro atoms. The minimum absolute atomic E-state index is 0.0154. The monoisotopic (exact) mass is 478 g/mol. The molecule has 0 unspecified atom stereocenters. The van der Waals surface area contributed by atoms with E-state index in [0.717, 1.165) is 12.1 Å². The zero-order chi connectivity index (χ0) is 25.4. The quantitative estimate of drug-likeness (QED) is 0.252. The molecule has 0 saturated carbocycles. The van der Waals surface area contributed by atoms with Crippen molar-refractivity contribution < 1.29 is 24.4 Å². The second-order valence-electron chi connectivity index (χ2n) is 7.36. The molecular formula is C22H14N4O9. The molecule has 0 aromatic heterocycles. The lowest BCUT2D eigenvalue weighted by atomic mass is 10.00. The number of rotatable bonds is 7. The Balaban J connectivity index is 2.11. The molecule has 1 aliphatic carbocycles. The van der Waals surface area contributed by atoms with Crippen molar-refractivity contribution >= 4 is 34.4 Å². The summed E-state index contributed by atoms with van der Waals surface area (Å²) in [5.41, 5.74) is -2.43. The van der Waals surface area contributed by atoms with Gasteiger partial charge in [0.15, 0.2) is 0 Å². The van der Waals surface area contributed by atoms with E-state index in [9.17, 15) is 40.5 Å². The third-order valence-corrected chi connectivity index (χ3v) is 5.35. The van der Waals surface area contributed by atoms with Crippen LogP contribution in [0.2, 0.25) is 0 Å². The molecule has 0 radical (unpaired) electrons. The van der Waals surface area contributed by atoms with E-state index in [-0.39, 0.29) is 27.8 Å². The van der Waals surface area contributed by atoms with Crippen molar-refractivity contribution in [2.24, 2.45) is 0 Å². The molecule has 35 heavy (non-hydrogen) atoms. The van der Waals surface area contributed by atoms with Crippen LogP contribution in [-0.2, 0) is 0 Å². The van der Waals surface area contributed by atoms with Gasteiger partial charge in [-0.25, -0.2) is 0 Å². The standard InChI is InChI=1S/C22H14N4O9/c1-2-35-15-5-3-12(4-6-15)7-16-17-8-13(23(27)28)10-19(25(31)32)21(17)22-18(16)9-14(24(29)30)11-20(22)26(33)34/h3-11H,2H2,1H3. The van der Waals surface area contributed by atoms with Gasteiger partial charge >= 0.3 is 0 Å². The molecule has 0 atom stereocenters. The molecule has 13 heteroatoms. The summed E-state index contributed by atoms with van der Waals surface area (Å²) in [5, 5.41) is 46.6. The van der Waals surface area contributed by atoms with Crippen LogP contribution in [0.1, 0.15) is 23.6 Å². The molecule has 1 aliphatic rings. The van der Waals surface area contributed by atoms with Crippen LogP contribution >= 0.6 is 0 Å². The highest BCUT2D eigenvalue weighted by molar-refractivity contribution is 6.12. The highest BCUT2D eigenvalue weighted by Crippen LogP contribution is 2.54. The van der Waals surface area contributed by atoms with Gasteiger partial charge in [0.1, 0.15) is 5.75 Å². The number of benzene rings is 3. The van der Waals surface area contributed by atoms with Crippen molar-refractivity contribution in [2.45, 2.75) is 6.92 Å². The second kappa shape index (κ2) is 8.62. The van der Waals surface area contributed by atoms with E-state index in [4.69, 9.17) is 4.74 Å². The first-order valence-corrected chi connectivity index (χ1v) is 10.0. The first-order valence-electron chi connectivity index (χ1n) is 10.0. The van der Waals surface area contributed by atoms with E-state index >= 15 is 0 Å². The zero-order valence-electron chi connectivity index (χ0n) is 17.9. The van der Waals surface area contributed by atoms with Crippen LogP contribution in [0.3, 0.4) is 0 Å². The highest BCUT2D eigenvalue weighted by Gasteiger charge is 2.40. The topological polar surface area (TPSA) is 182 Å². The number of hydrogen-bond acceptors (Lipinski definition) is 9. The van der Waals surface area contributed by atoms with E-state index in [1.54, 1.807) is 24.3 Å². The van der Waals surface area contributed by atoms with Gasteiger partial charge in [-0.1, -0.05) is 12.1 Å². The van der Waals surface area contributed by atoms with E-state index in [0.29, 0.717) is 30.1 Å². The Hall–Kier alpha value is -5.20. The number of nitrogens with zero attached hydrogens (tertiary/aromatic N) is 4. The molecule has 3 aromatic rings. The lowest BCUT2D eigenvalue weighted by Gasteiger charge is -2.06. The Kier molecular flexibility index (Phi) is 5.66. The van der Waals surface area contributed by atoms with Crippen molar-refractivity contribution in [2.75, 3.05) is 6.61 Å². The van der Waals surface area contributed by atoms with Crippen molar-refractivity contribution in [1.29, 1.82) is 0 Å². The fraction of sp³-hybridized carbons (Fsp3) is 0.0909. The molecule has 0 bridgehead atoms. The second-order valence-corrected chi connectivity index (χ2v) is 7.36. The summed E-state index contributed by atoms with van der Waals surface area (Å²) in [7, 11) is 0. The highest BCUT2D eigenvalue weighted by atomic mass is 16.6. The summed E-state index contributed by atoms with van der Waals surface area (Å²) in [6.07, 6.45) is 1.50. The molecule has 0 amide bonds. The predicted molar refractivity (Wildman–Crippen MR) is 123 cm³/mol. The van der Waals surface area contributed by atoms with Crippen LogP contribution in [0.4, 0.5) is 22.7 Å². The van der Waals surface area contributed by atoms with Crippen molar-refractivity contribution in [3.8, 4) is 16.9 Å². The average Bonchev–Trinajstić information content (AvgIpc) is 3.12. The van der Waals surface area contributed by atoms with E-state index in [1.165, 1.54) is 6.08 Å². The fourth-order valence-electron chi connectivity index (χ4n) is 3.97. The smallest absolute Gasteiger partial charge is 0.284 e. The molecule has 0 N–H and O–H groups in total. The van der Waals surface area contributed by atoms with Crippen molar-refractivity contribution in [3.63, 3.8) is 0 Å². The van der Waals surface area contributed by atoms with Gasteiger partial charge in [-0.15, -0.1) is 0 Å². The van der Waals surface area contributed by atoms with Gasteiger partial charge in [-0.3, -0.25) is 40.5 Å². The summed E-state index contributed by atoms with van der Waals surface area (Å²) in [6, 6.07) is 10.2. The SMILES string of the molecule is CCOc1ccc(C=C2c3cc([N+](=O)[O-])cc([N+](=O)[O-])c3-c3c2cc([N+](=O)[O-])cc3[N+](=O)[O-])cc1. The summed E-state index contributed by atoms with van der Waals surface area (Å²) < 4.78 is 5.39. The van der Waals surface area contributed by atoms with Gasteiger partial charge in [-0.05, 0) is 36.3 Å². The maximum atomic E-state index is 11.8. The largest absolute Gasteiger partial charge is 0.494 e. The van der Waals surface area contributed by atoms with E-state index in [2.05, 4.69) is 0 Å². The van der Waals surface area contributed by atoms with Crippen LogP contribution in [0.5, 0.6) is 5.75 Å². The van der Waals surface area contributed by atoms with Crippen LogP contribution in [0.25, 0.3) is 22.8 Å². The normalized spacial score (nSPS) is 11.4. The van der Waals surface area contributed by atoms with E-state index in [1.807, 2.05) is 6.92 Å². The minimum Gasteiger partial charge on any atom is -0.494 e. The first-order chi connectivity index (χ1) is 16.6. The molecule has 0 saturated heterocycles. The Labute approximate surface area is 195 Å². The Bertz CT molecular complexity index is 1380. The summed E-state index contributed by atoms with van der Waals surface area (Å²) in [4.78, 5) is 43.3. The molecule has 0 aliphatic heterocycles. The van der Waals surface area contributed by atoms with Gasteiger partial charge in [0.2, 0.25) is 0 Å². The third-order valence-electron chi connectivity index (χ3n) is 5.35. The molecule has 176 valence electrons. The van der Waals surface area contributed by atoms with Crippen LogP contribution in [0, 0.1) is 40.5 Å². The first kappa shape index (κ1) is 23.0. The lowest BCUT2D eigenvalue weighted by molar-refractivity contribution is -0.395. The number of ether oxygens (including phenoxy) is 1. The van der Waals surface area contributed by atoms with Crippen molar-refractivity contribution in [1.82, 2.24) is 0 Å². The molecular weight excluding hydrogens is 464 g/mol. The lowest BCUT2D eigenvalue weighted by Crippen LogP contribution is -1.99. The molecule has 0 heterocycles. The van der Waals surface area contributed by atoms with Gasteiger partial charge in [0, 0.05) is 23.3 Å². The van der Waals surface area contributed by atoms with Crippen LogP contribution < -0.4 is 4.74 Å². The number of non-ortho nitro benzene ring substituents is 2. The minimum atomic E-state index is -0.874. The van der Waals surface area contributed by atoms with Crippen LogP contribution in [0.15, 0.2) is 48.5 Å². The maximum Gasteiger partial charge on any atom is 0.284 e. The number of hydrogen-bond donors (Lipinski definition) is 0. The van der Waals surface area contributed by atoms with Gasteiger partial charge in [-0.2, -0.15) is 0 Å². The third kappa shape index (κ3) is 4.01. The van der Waals surface area contributed by atoms with Gasteiger partial charge in [0.25, 0.3) is 22.7 Å². The Morgan fingerprint density at radius 3 is 1.54 bits per heavy atom. The zero-order valence-corrected chi connectivity index (χ0v) is 17.9. The fourth-order valence-corrected chi connectivity index (χ4v) is 3.97. The number of fused-ring (bicyclic) bond motifs is 3. The van der Waals surface area contributed by atoms with Gasteiger partial charge < -0.3 is 4.74 Å².